The van der Waals surface area contributed by atoms with Crippen molar-refractivity contribution in [1.82, 2.24) is 9.88 Å². The lowest BCUT2D eigenvalue weighted by atomic mass is 10.0. The van der Waals surface area contributed by atoms with E-state index in [-0.39, 0.29) is 11.9 Å². The standard InChI is InChI=1S/C20H24BrN3O/c1-3-23(4-2)19-12-9-16(14-22-19)20(25)24-13-5-6-18(24)15-7-10-17(21)11-8-15/h7-12,14,18H,3-6,13H2,1-2H3. The molecule has 1 aliphatic heterocycles. The minimum atomic E-state index is 0.0732. The third-order valence-corrected chi connectivity index (χ3v) is 5.38. The van der Waals surface area contributed by atoms with Crippen molar-refractivity contribution < 1.29 is 4.79 Å². The molecule has 5 heteroatoms. The first kappa shape index (κ1) is 17.9. The number of likely N-dealkylation sites (tertiary alicyclic amines) is 1. The van der Waals surface area contributed by atoms with Gasteiger partial charge in [0.25, 0.3) is 5.91 Å². The summed E-state index contributed by atoms with van der Waals surface area (Å²) in [6.07, 6.45) is 3.77. The summed E-state index contributed by atoms with van der Waals surface area (Å²) in [7, 11) is 0. The van der Waals surface area contributed by atoms with E-state index in [0.29, 0.717) is 5.56 Å². The molecule has 132 valence electrons. The van der Waals surface area contributed by atoms with Crippen molar-refractivity contribution in [3.8, 4) is 0 Å². The van der Waals surface area contributed by atoms with Crippen molar-refractivity contribution >= 4 is 27.7 Å². The summed E-state index contributed by atoms with van der Waals surface area (Å²) in [5.41, 5.74) is 1.86. The summed E-state index contributed by atoms with van der Waals surface area (Å²) in [5.74, 6) is 0.997. The van der Waals surface area contributed by atoms with Crippen LogP contribution in [0.5, 0.6) is 0 Å². The second-order valence-corrected chi connectivity index (χ2v) is 7.20. The van der Waals surface area contributed by atoms with Gasteiger partial charge in [-0.15, -0.1) is 0 Å². The van der Waals surface area contributed by atoms with Crippen LogP contribution in [-0.4, -0.2) is 35.4 Å². The van der Waals surface area contributed by atoms with Gasteiger partial charge in [0.1, 0.15) is 5.82 Å². The van der Waals surface area contributed by atoms with Crippen molar-refractivity contribution in [2.45, 2.75) is 32.7 Å². The van der Waals surface area contributed by atoms with Crippen LogP contribution < -0.4 is 4.90 Å². The summed E-state index contributed by atoms with van der Waals surface area (Å²) in [6.45, 7) is 6.84. The minimum Gasteiger partial charge on any atom is -0.357 e. The third-order valence-electron chi connectivity index (χ3n) is 4.85. The molecule has 1 aromatic carbocycles. The molecule has 0 N–H and O–H groups in total. The number of halogens is 1. The largest absolute Gasteiger partial charge is 0.357 e. The van der Waals surface area contributed by atoms with Crippen molar-refractivity contribution in [3.63, 3.8) is 0 Å². The highest BCUT2D eigenvalue weighted by atomic mass is 79.9. The molecular weight excluding hydrogens is 378 g/mol. The minimum absolute atomic E-state index is 0.0732. The number of carbonyl (C=O) groups is 1. The van der Waals surface area contributed by atoms with Crippen LogP contribution in [-0.2, 0) is 0 Å². The van der Waals surface area contributed by atoms with E-state index >= 15 is 0 Å². The monoisotopic (exact) mass is 401 g/mol. The van der Waals surface area contributed by atoms with E-state index in [2.05, 4.69) is 51.8 Å². The number of carbonyl (C=O) groups excluding carboxylic acids is 1. The van der Waals surface area contributed by atoms with Gasteiger partial charge in [-0.1, -0.05) is 28.1 Å². The molecule has 0 saturated carbocycles. The molecule has 1 unspecified atom stereocenters. The summed E-state index contributed by atoms with van der Waals surface area (Å²) >= 11 is 3.47. The van der Waals surface area contributed by atoms with Gasteiger partial charge in [0, 0.05) is 30.3 Å². The van der Waals surface area contributed by atoms with Gasteiger partial charge in [0.15, 0.2) is 0 Å². The smallest absolute Gasteiger partial charge is 0.255 e. The number of pyridine rings is 1. The number of anilines is 1. The van der Waals surface area contributed by atoms with Crippen LogP contribution >= 0.6 is 15.9 Å². The molecule has 0 aliphatic carbocycles. The third kappa shape index (κ3) is 3.87. The van der Waals surface area contributed by atoms with Gasteiger partial charge in [-0.05, 0) is 56.5 Å². The van der Waals surface area contributed by atoms with Crippen LogP contribution in [0, 0.1) is 0 Å². The van der Waals surface area contributed by atoms with Gasteiger partial charge < -0.3 is 9.80 Å². The number of hydrogen-bond donors (Lipinski definition) is 0. The highest BCUT2D eigenvalue weighted by molar-refractivity contribution is 9.10. The van der Waals surface area contributed by atoms with Gasteiger partial charge in [-0.3, -0.25) is 4.79 Å². The maximum absolute atomic E-state index is 13.0. The molecule has 2 heterocycles. The second-order valence-electron chi connectivity index (χ2n) is 6.29. The first-order valence-electron chi connectivity index (χ1n) is 8.91. The molecular formula is C20H24BrN3O. The van der Waals surface area contributed by atoms with E-state index in [9.17, 15) is 4.79 Å². The number of benzene rings is 1. The maximum Gasteiger partial charge on any atom is 0.255 e. The average Bonchev–Trinajstić information content (AvgIpc) is 3.13. The summed E-state index contributed by atoms with van der Waals surface area (Å²) in [6, 6.07) is 12.3. The van der Waals surface area contributed by atoms with Gasteiger partial charge in [-0.25, -0.2) is 4.98 Å². The van der Waals surface area contributed by atoms with E-state index in [4.69, 9.17) is 0 Å². The second kappa shape index (κ2) is 8.00. The first-order chi connectivity index (χ1) is 12.1. The zero-order chi connectivity index (χ0) is 17.8. The fraction of sp³-hybridized carbons (Fsp3) is 0.400. The molecule has 1 saturated heterocycles. The topological polar surface area (TPSA) is 36.4 Å². The zero-order valence-corrected chi connectivity index (χ0v) is 16.4. The molecule has 0 bridgehead atoms. The van der Waals surface area contributed by atoms with Crippen LogP contribution in [0.4, 0.5) is 5.82 Å². The first-order valence-corrected chi connectivity index (χ1v) is 9.70. The van der Waals surface area contributed by atoms with Gasteiger partial charge >= 0.3 is 0 Å². The number of nitrogens with zero attached hydrogens (tertiary/aromatic N) is 3. The normalized spacial score (nSPS) is 16.9. The van der Waals surface area contributed by atoms with Crippen molar-refractivity contribution in [2.75, 3.05) is 24.5 Å². The van der Waals surface area contributed by atoms with Crippen molar-refractivity contribution in [2.24, 2.45) is 0 Å². The Kier molecular flexibility index (Phi) is 5.74. The van der Waals surface area contributed by atoms with Crippen LogP contribution in [0.25, 0.3) is 0 Å². The predicted octanol–water partition coefficient (Wildman–Crippen LogP) is 4.67. The van der Waals surface area contributed by atoms with Crippen LogP contribution in [0.2, 0.25) is 0 Å². The average molecular weight is 402 g/mol. The quantitative estimate of drug-likeness (QED) is 0.730. The Labute approximate surface area is 158 Å². The van der Waals surface area contributed by atoms with E-state index in [1.165, 1.54) is 5.56 Å². The Morgan fingerprint density at radius 3 is 2.52 bits per heavy atom. The Hall–Kier alpha value is -1.88. The number of amides is 1. The number of aromatic nitrogens is 1. The summed E-state index contributed by atoms with van der Waals surface area (Å²) in [4.78, 5) is 21.6. The van der Waals surface area contributed by atoms with E-state index in [0.717, 1.165) is 42.8 Å². The fourth-order valence-corrected chi connectivity index (χ4v) is 3.72. The number of rotatable bonds is 5. The number of hydrogen-bond acceptors (Lipinski definition) is 3. The zero-order valence-electron chi connectivity index (χ0n) is 14.8. The summed E-state index contributed by atoms with van der Waals surface area (Å²) in [5, 5.41) is 0. The van der Waals surface area contributed by atoms with Crippen molar-refractivity contribution in [1.29, 1.82) is 0 Å². The molecule has 1 aromatic heterocycles. The maximum atomic E-state index is 13.0. The molecule has 1 atom stereocenters. The molecule has 25 heavy (non-hydrogen) atoms. The predicted molar refractivity (Wildman–Crippen MR) is 105 cm³/mol. The van der Waals surface area contributed by atoms with Gasteiger partial charge in [0.2, 0.25) is 0 Å². The molecule has 1 aliphatic rings. The van der Waals surface area contributed by atoms with Gasteiger partial charge in [0.05, 0.1) is 11.6 Å². The van der Waals surface area contributed by atoms with Crippen molar-refractivity contribution in [3.05, 3.63) is 58.2 Å². The molecule has 0 spiro atoms. The lowest BCUT2D eigenvalue weighted by Crippen LogP contribution is -2.31. The van der Waals surface area contributed by atoms with Gasteiger partial charge in [-0.2, -0.15) is 0 Å². The van der Waals surface area contributed by atoms with E-state index < -0.39 is 0 Å². The Balaban J connectivity index is 1.78. The Bertz CT molecular complexity index is 711. The molecule has 0 radical (unpaired) electrons. The summed E-state index contributed by atoms with van der Waals surface area (Å²) < 4.78 is 1.06. The van der Waals surface area contributed by atoms with Crippen LogP contribution in [0.1, 0.15) is 48.7 Å². The van der Waals surface area contributed by atoms with E-state index in [1.807, 2.05) is 29.2 Å². The molecule has 1 fully saturated rings. The molecule has 4 nitrogen and oxygen atoms in total. The highest BCUT2D eigenvalue weighted by Crippen LogP contribution is 2.33. The molecule has 2 aromatic rings. The lowest BCUT2D eigenvalue weighted by molar-refractivity contribution is 0.0735. The molecule has 3 rings (SSSR count). The SMILES string of the molecule is CCN(CC)c1ccc(C(=O)N2CCCC2c2ccc(Br)cc2)cn1. The van der Waals surface area contributed by atoms with Crippen LogP contribution in [0.3, 0.4) is 0 Å². The Morgan fingerprint density at radius 2 is 1.92 bits per heavy atom. The lowest BCUT2D eigenvalue weighted by Gasteiger charge is -2.25. The fourth-order valence-electron chi connectivity index (χ4n) is 3.45. The molecule has 1 amide bonds. The highest BCUT2D eigenvalue weighted by Gasteiger charge is 2.30. The Morgan fingerprint density at radius 1 is 1.20 bits per heavy atom. The van der Waals surface area contributed by atoms with E-state index in [1.54, 1.807) is 6.20 Å². The van der Waals surface area contributed by atoms with Crippen LogP contribution in [0.15, 0.2) is 47.1 Å².